The molecule has 3 heteroatoms. The predicted octanol–water partition coefficient (Wildman–Crippen LogP) is 16.7. The molecule has 2 heterocycles. The molecule has 0 saturated heterocycles. The van der Waals surface area contributed by atoms with Crippen LogP contribution < -0.4 is 4.90 Å². The lowest BCUT2D eigenvalue weighted by molar-refractivity contribution is 1.01. The van der Waals surface area contributed by atoms with Gasteiger partial charge < -0.3 is 14.0 Å². The minimum atomic E-state index is 0.205. The summed E-state index contributed by atoms with van der Waals surface area (Å²) >= 11 is 0. The lowest BCUT2D eigenvalue weighted by Crippen LogP contribution is -2.10. The Morgan fingerprint density at radius 3 is 1.65 bits per heavy atom. The molecule has 0 saturated carbocycles. The maximum Gasteiger partial charge on any atom is 0.0635 e. The maximum atomic E-state index is 2.46. The van der Waals surface area contributed by atoms with Crippen molar-refractivity contribution in [3.63, 3.8) is 0 Å². The Morgan fingerprint density at radius 1 is 0.333 bits per heavy atom. The van der Waals surface area contributed by atoms with Gasteiger partial charge in [0.1, 0.15) is 0 Å². The second kappa shape index (κ2) is 15.5. The van der Waals surface area contributed by atoms with E-state index in [1.54, 1.807) is 0 Å². The van der Waals surface area contributed by atoms with E-state index in [0.29, 0.717) is 0 Å². The molecule has 12 aromatic rings. The van der Waals surface area contributed by atoms with Crippen LogP contribution >= 0.6 is 0 Å². The van der Waals surface area contributed by atoms with Gasteiger partial charge in [0.05, 0.1) is 16.6 Å². The van der Waals surface area contributed by atoms with Crippen LogP contribution in [0.2, 0.25) is 0 Å². The van der Waals surface area contributed by atoms with Crippen LogP contribution in [0.4, 0.5) is 17.1 Å². The van der Waals surface area contributed by atoms with Gasteiger partial charge in [0, 0.05) is 56.7 Å². The zero-order valence-electron chi connectivity index (χ0n) is 36.2. The van der Waals surface area contributed by atoms with Crippen LogP contribution in [0.5, 0.6) is 0 Å². The highest BCUT2D eigenvalue weighted by atomic mass is 15.1. The highest BCUT2D eigenvalue weighted by Crippen LogP contribution is 2.50. The Balaban J connectivity index is 0.943. The fourth-order valence-electron chi connectivity index (χ4n) is 10.6. The number of hydrogen-bond donors (Lipinski definition) is 0. The molecule has 310 valence electrons. The van der Waals surface area contributed by atoms with Gasteiger partial charge in [-0.3, -0.25) is 0 Å². The van der Waals surface area contributed by atoms with Crippen molar-refractivity contribution in [2.45, 2.75) is 5.92 Å². The smallest absolute Gasteiger partial charge is 0.0635 e. The number of anilines is 3. The molecule has 0 fully saturated rings. The van der Waals surface area contributed by atoms with Gasteiger partial charge in [0.15, 0.2) is 0 Å². The first-order valence-electron chi connectivity index (χ1n) is 22.8. The van der Waals surface area contributed by atoms with E-state index in [1.165, 1.54) is 77.3 Å². The van der Waals surface area contributed by atoms with Gasteiger partial charge in [-0.2, -0.15) is 0 Å². The molecule has 66 heavy (non-hydrogen) atoms. The van der Waals surface area contributed by atoms with Crippen molar-refractivity contribution < 1.29 is 0 Å². The first kappa shape index (κ1) is 37.9. The third-order valence-electron chi connectivity index (χ3n) is 13.6. The van der Waals surface area contributed by atoms with Crippen molar-refractivity contribution in [2.24, 2.45) is 0 Å². The van der Waals surface area contributed by atoms with Gasteiger partial charge in [-0.1, -0.05) is 164 Å². The predicted molar refractivity (Wildman–Crippen MR) is 276 cm³/mol. The van der Waals surface area contributed by atoms with E-state index in [0.717, 1.165) is 34.0 Å². The molecule has 1 aliphatic rings. The highest BCUT2D eigenvalue weighted by molar-refractivity contribution is 6.18. The molecule has 0 N–H and O–H groups in total. The summed E-state index contributed by atoms with van der Waals surface area (Å²) in [5.74, 6) is 0.205. The Kier molecular flexibility index (Phi) is 8.92. The van der Waals surface area contributed by atoms with Gasteiger partial charge in [-0.05, 0) is 135 Å². The van der Waals surface area contributed by atoms with Crippen molar-refractivity contribution in [1.29, 1.82) is 0 Å². The Morgan fingerprint density at radius 2 is 0.924 bits per heavy atom. The minimum absolute atomic E-state index is 0.205. The molecule has 0 amide bonds. The fraction of sp³-hybridized carbons (Fsp3) is 0.0159. The summed E-state index contributed by atoms with van der Waals surface area (Å²) in [7, 11) is 0. The summed E-state index contributed by atoms with van der Waals surface area (Å²) in [6.07, 6.45) is 2.24. The molecule has 2 aromatic heterocycles. The number of rotatable bonds is 8. The number of nitrogens with zero attached hydrogens (tertiary/aromatic N) is 3. The van der Waals surface area contributed by atoms with Crippen LogP contribution in [-0.2, 0) is 0 Å². The second-order valence-electron chi connectivity index (χ2n) is 17.3. The number of fused-ring (bicyclic) bond motifs is 8. The number of benzene rings is 10. The molecular formula is C63H43N3. The van der Waals surface area contributed by atoms with Gasteiger partial charge >= 0.3 is 0 Å². The van der Waals surface area contributed by atoms with Gasteiger partial charge in [0.2, 0.25) is 0 Å². The average Bonchev–Trinajstić information content (AvgIpc) is 4.08. The SMILES string of the molecule is c1ccc(-c2cc(-c3ccccc3)cc(-n3ccc4c3ccc3c5ccccc5n(-c5ccc(N(c6ccccc6)c6ccc7c(c6)-c6ccccc6C7c6ccccc6)cc5)c34)c2)cc1. The lowest BCUT2D eigenvalue weighted by atomic mass is 9.89. The number of para-hydroxylation sites is 2. The topological polar surface area (TPSA) is 13.1 Å². The van der Waals surface area contributed by atoms with E-state index in [2.05, 4.69) is 269 Å². The molecular weight excluding hydrogens is 799 g/mol. The zero-order valence-corrected chi connectivity index (χ0v) is 36.2. The summed E-state index contributed by atoms with van der Waals surface area (Å²) in [5, 5.41) is 3.68. The Hall–Kier alpha value is -8.66. The van der Waals surface area contributed by atoms with Crippen LogP contribution in [0.3, 0.4) is 0 Å². The van der Waals surface area contributed by atoms with E-state index >= 15 is 0 Å². The van der Waals surface area contributed by atoms with Crippen LogP contribution in [0.1, 0.15) is 22.6 Å². The molecule has 1 unspecified atom stereocenters. The molecule has 1 atom stereocenters. The van der Waals surface area contributed by atoms with E-state index in [1.807, 2.05) is 0 Å². The third kappa shape index (κ3) is 6.20. The molecule has 1 aliphatic carbocycles. The van der Waals surface area contributed by atoms with Crippen molar-refractivity contribution in [3.8, 4) is 44.8 Å². The van der Waals surface area contributed by atoms with Gasteiger partial charge in [-0.25, -0.2) is 0 Å². The van der Waals surface area contributed by atoms with Crippen LogP contribution in [0, 0.1) is 0 Å². The van der Waals surface area contributed by atoms with E-state index < -0.39 is 0 Å². The molecule has 10 aromatic carbocycles. The summed E-state index contributed by atoms with van der Waals surface area (Å²) in [6.45, 7) is 0. The largest absolute Gasteiger partial charge is 0.316 e. The molecule has 0 aliphatic heterocycles. The monoisotopic (exact) mass is 841 g/mol. The molecule has 0 radical (unpaired) electrons. The molecule has 0 bridgehead atoms. The van der Waals surface area contributed by atoms with Crippen molar-refractivity contribution >= 4 is 49.8 Å². The number of hydrogen-bond acceptors (Lipinski definition) is 1. The second-order valence-corrected chi connectivity index (χ2v) is 17.3. The normalized spacial score (nSPS) is 13.0. The fourth-order valence-corrected chi connectivity index (χ4v) is 10.6. The van der Waals surface area contributed by atoms with E-state index in [9.17, 15) is 0 Å². The van der Waals surface area contributed by atoms with Crippen molar-refractivity contribution in [1.82, 2.24) is 9.13 Å². The quantitative estimate of drug-likeness (QED) is 0.149. The summed E-state index contributed by atoms with van der Waals surface area (Å²) in [5.41, 5.74) is 20.5. The first-order valence-corrected chi connectivity index (χ1v) is 22.8. The Labute approximate surface area is 384 Å². The van der Waals surface area contributed by atoms with Crippen LogP contribution in [0.15, 0.2) is 255 Å². The van der Waals surface area contributed by atoms with E-state index in [-0.39, 0.29) is 5.92 Å². The first-order chi connectivity index (χ1) is 32.7. The zero-order chi connectivity index (χ0) is 43.6. The van der Waals surface area contributed by atoms with Crippen LogP contribution in [0.25, 0.3) is 77.5 Å². The Bertz CT molecular complexity index is 3680. The van der Waals surface area contributed by atoms with Crippen LogP contribution in [-0.4, -0.2) is 9.13 Å². The summed E-state index contributed by atoms with van der Waals surface area (Å²) < 4.78 is 4.81. The van der Waals surface area contributed by atoms with Gasteiger partial charge in [-0.15, -0.1) is 0 Å². The van der Waals surface area contributed by atoms with Crippen molar-refractivity contribution in [3.05, 3.63) is 272 Å². The molecule has 3 nitrogen and oxygen atoms in total. The standard InChI is InChI=1S/C63H43N3/c1-5-17-43(18-6-1)46-39-47(44-19-7-2-8-20-44)41-52(40-46)64-38-37-58-60(64)36-35-57-54-26-15-16-28-61(54)66(63(57)58)50-31-29-49(30-32-50)65(48-23-11-4-12-24-48)51-33-34-56-59(42-51)53-25-13-14-27-55(53)62(56)45-21-9-3-10-22-45/h1-42,62H. The van der Waals surface area contributed by atoms with Crippen molar-refractivity contribution in [2.75, 3.05) is 4.90 Å². The lowest BCUT2D eigenvalue weighted by Gasteiger charge is -2.26. The minimum Gasteiger partial charge on any atom is -0.316 e. The highest BCUT2D eigenvalue weighted by Gasteiger charge is 2.30. The number of aromatic nitrogens is 2. The summed E-state index contributed by atoms with van der Waals surface area (Å²) in [4.78, 5) is 2.39. The van der Waals surface area contributed by atoms with Gasteiger partial charge in [0.25, 0.3) is 0 Å². The third-order valence-corrected chi connectivity index (χ3v) is 13.6. The molecule has 13 rings (SSSR count). The van der Waals surface area contributed by atoms with E-state index in [4.69, 9.17) is 0 Å². The summed E-state index contributed by atoms with van der Waals surface area (Å²) in [6, 6.07) is 90.8. The average molecular weight is 842 g/mol. The molecule has 0 spiro atoms. The maximum absolute atomic E-state index is 2.46.